The summed E-state index contributed by atoms with van der Waals surface area (Å²) in [5, 5.41) is 13.4. The molecule has 1 aromatic rings. The Balaban J connectivity index is 2.69. The van der Waals surface area contributed by atoms with Gasteiger partial charge in [0.25, 0.3) is 0 Å². The molecule has 3 nitrogen and oxygen atoms in total. The first kappa shape index (κ1) is 9.48. The number of alkyl halides is 1. The van der Waals surface area contributed by atoms with Crippen LogP contribution in [-0.4, -0.2) is 27.7 Å². The van der Waals surface area contributed by atoms with Gasteiger partial charge in [-0.15, -0.1) is 0 Å². The van der Waals surface area contributed by atoms with Crippen molar-refractivity contribution in [2.24, 2.45) is 0 Å². The summed E-state index contributed by atoms with van der Waals surface area (Å²) >= 11 is 5.70. The lowest BCUT2D eigenvalue weighted by Gasteiger charge is -2.07. The summed E-state index contributed by atoms with van der Waals surface area (Å²) < 4.78 is 13.4. The lowest BCUT2D eigenvalue weighted by atomic mass is 10.4. The molecule has 1 aromatic heterocycles. The number of hydrogen-bond donors (Lipinski definition) is 1. The van der Waals surface area contributed by atoms with Crippen molar-refractivity contribution < 1.29 is 9.50 Å². The van der Waals surface area contributed by atoms with Crippen LogP contribution in [0.25, 0.3) is 0 Å². The van der Waals surface area contributed by atoms with Gasteiger partial charge in [0.1, 0.15) is 12.8 Å². The zero-order chi connectivity index (χ0) is 9.14. The van der Waals surface area contributed by atoms with Gasteiger partial charge in [-0.1, -0.05) is 11.6 Å². The van der Waals surface area contributed by atoms with E-state index in [0.717, 1.165) is 5.69 Å². The molecule has 0 aliphatic heterocycles. The molecule has 0 saturated heterocycles. The number of rotatable bonds is 3. The maximum atomic E-state index is 11.9. The fourth-order valence-corrected chi connectivity index (χ4v) is 0.997. The van der Waals surface area contributed by atoms with E-state index in [4.69, 9.17) is 16.7 Å². The summed E-state index contributed by atoms with van der Waals surface area (Å²) in [4.78, 5) is 0. The summed E-state index contributed by atoms with van der Waals surface area (Å²) in [6.45, 7) is 1.15. The maximum Gasteiger partial charge on any atom is 0.117 e. The first-order valence-electron chi connectivity index (χ1n) is 3.57. The highest BCUT2D eigenvalue weighted by Crippen LogP contribution is 2.13. The molecule has 0 amide bonds. The summed E-state index contributed by atoms with van der Waals surface area (Å²) in [5.41, 5.74) is 0.740. The van der Waals surface area contributed by atoms with Gasteiger partial charge in [-0.05, 0) is 6.92 Å². The molecule has 1 N–H and O–H groups in total. The van der Waals surface area contributed by atoms with Crippen LogP contribution in [0.5, 0.6) is 0 Å². The molecular formula is C7H10ClFN2O. The average molecular weight is 193 g/mol. The molecule has 0 bridgehead atoms. The minimum atomic E-state index is -1.00. The van der Waals surface area contributed by atoms with Crippen LogP contribution in [0.3, 0.4) is 0 Å². The van der Waals surface area contributed by atoms with Crippen LogP contribution in [-0.2, 0) is 6.54 Å². The van der Waals surface area contributed by atoms with Crippen molar-refractivity contribution in [1.29, 1.82) is 0 Å². The number of hydrogen-bond acceptors (Lipinski definition) is 2. The van der Waals surface area contributed by atoms with E-state index < -0.39 is 12.8 Å². The lowest BCUT2D eigenvalue weighted by Crippen LogP contribution is -2.19. The Hall–Kier alpha value is -0.610. The van der Waals surface area contributed by atoms with E-state index in [1.54, 1.807) is 6.92 Å². The highest BCUT2D eigenvalue weighted by Gasteiger charge is 2.08. The van der Waals surface area contributed by atoms with Crippen molar-refractivity contribution in [1.82, 2.24) is 9.78 Å². The average Bonchev–Trinajstić information content (AvgIpc) is 2.36. The van der Waals surface area contributed by atoms with Crippen LogP contribution in [0.1, 0.15) is 5.69 Å². The molecule has 0 fully saturated rings. The van der Waals surface area contributed by atoms with E-state index in [9.17, 15) is 4.39 Å². The fraction of sp³-hybridized carbons (Fsp3) is 0.571. The Labute approximate surface area is 74.8 Å². The van der Waals surface area contributed by atoms with E-state index in [1.807, 2.05) is 0 Å². The van der Waals surface area contributed by atoms with Crippen LogP contribution in [0, 0.1) is 6.92 Å². The minimum absolute atomic E-state index is 0.148. The minimum Gasteiger partial charge on any atom is -0.388 e. The van der Waals surface area contributed by atoms with E-state index in [0.29, 0.717) is 5.02 Å². The second-order valence-corrected chi connectivity index (χ2v) is 2.98. The molecule has 0 saturated carbocycles. The molecule has 0 spiro atoms. The van der Waals surface area contributed by atoms with Gasteiger partial charge in [-0.2, -0.15) is 5.10 Å². The molecule has 0 aliphatic rings. The molecule has 1 heterocycles. The van der Waals surface area contributed by atoms with Crippen LogP contribution in [0.2, 0.25) is 5.02 Å². The first-order valence-corrected chi connectivity index (χ1v) is 3.95. The Morgan fingerprint density at radius 1 is 1.83 bits per heavy atom. The Kier molecular flexibility index (Phi) is 3.05. The van der Waals surface area contributed by atoms with Crippen molar-refractivity contribution in [2.45, 2.75) is 19.6 Å². The second-order valence-electron chi connectivity index (χ2n) is 2.57. The molecule has 68 valence electrons. The molecule has 0 aromatic carbocycles. The smallest absolute Gasteiger partial charge is 0.117 e. The van der Waals surface area contributed by atoms with E-state index in [-0.39, 0.29) is 6.54 Å². The van der Waals surface area contributed by atoms with Crippen LogP contribution >= 0.6 is 11.6 Å². The molecule has 1 rings (SSSR count). The van der Waals surface area contributed by atoms with Crippen molar-refractivity contribution in [3.63, 3.8) is 0 Å². The van der Waals surface area contributed by atoms with Gasteiger partial charge in [0.15, 0.2) is 0 Å². The highest BCUT2D eigenvalue weighted by atomic mass is 35.5. The van der Waals surface area contributed by atoms with Crippen molar-refractivity contribution in [3.05, 3.63) is 16.9 Å². The van der Waals surface area contributed by atoms with Gasteiger partial charge in [0.05, 0.1) is 23.5 Å². The quantitative estimate of drug-likeness (QED) is 0.781. The zero-order valence-electron chi connectivity index (χ0n) is 6.67. The second kappa shape index (κ2) is 3.87. The van der Waals surface area contributed by atoms with Crippen molar-refractivity contribution in [3.8, 4) is 0 Å². The number of aliphatic hydroxyl groups is 1. The van der Waals surface area contributed by atoms with Gasteiger partial charge in [-0.3, -0.25) is 4.68 Å². The molecule has 0 aliphatic carbocycles. The molecule has 1 unspecified atom stereocenters. The number of aliphatic hydroxyl groups excluding tert-OH is 1. The third kappa shape index (κ3) is 1.95. The SMILES string of the molecule is Cc1c(Cl)cnn1CC(O)CF. The van der Waals surface area contributed by atoms with E-state index >= 15 is 0 Å². The maximum absolute atomic E-state index is 11.9. The van der Waals surface area contributed by atoms with Gasteiger partial charge in [0.2, 0.25) is 0 Å². The van der Waals surface area contributed by atoms with Crippen LogP contribution < -0.4 is 0 Å². The Bertz CT molecular complexity index is 264. The fourth-order valence-electron chi connectivity index (χ4n) is 0.856. The van der Waals surface area contributed by atoms with E-state index in [1.165, 1.54) is 10.9 Å². The van der Waals surface area contributed by atoms with Gasteiger partial charge < -0.3 is 5.11 Å². The third-order valence-corrected chi connectivity index (χ3v) is 1.98. The van der Waals surface area contributed by atoms with Crippen LogP contribution in [0.4, 0.5) is 4.39 Å². The lowest BCUT2D eigenvalue weighted by molar-refractivity contribution is 0.117. The summed E-state index contributed by atoms with van der Waals surface area (Å²) in [7, 11) is 0. The van der Waals surface area contributed by atoms with Crippen molar-refractivity contribution >= 4 is 11.6 Å². The topological polar surface area (TPSA) is 38.0 Å². The Morgan fingerprint density at radius 2 is 2.50 bits per heavy atom. The normalized spacial score (nSPS) is 13.3. The molecule has 12 heavy (non-hydrogen) atoms. The Morgan fingerprint density at radius 3 is 2.92 bits per heavy atom. The highest BCUT2D eigenvalue weighted by molar-refractivity contribution is 6.31. The summed E-state index contributed by atoms with van der Waals surface area (Å²) in [6.07, 6.45) is 0.474. The largest absolute Gasteiger partial charge is 0.388 e. The summed E-state index contributed by atoms with van der Waals surface area (Å²) in [6, 6.07) is 0. The predicted octanol–water partition coefficient (Wildman–Crippen LogP) is 1.18. The van der Waals surface area contributed by atoms with Gasteiger partial charge >= 0.3 is 0 Å². The first-order chi connectivity index (χ1) is 5.65. The third-order valence-electron chi connectivity index (χ3n) is 1.61. The monoisotopic (exact) mass is 192 g/mol. The van der Waals surface area contributed by atoms with Gasteiger partial charge in [0, 0.05) is 0 Å². The molecule has 0 radical (unpaired) electrons. The number of nitrogens with zero attached hydrogens (tertiary/aromatic N) is 2. The molecular weight excluding hydrogens is 183 g/mol. The number of halogens is 2. The standard InChI is InChI=1S/C7H10ClFN2O/c1-5-7(8)3-10-11(5)4-6(12)2-9/h3,6,12H,2,4H2,1H3. The van der Waals surface area contributed by atoms with Crippen LogP contribution in [0.15, 0.2) is 6.20 Å². The molecule has 1 atom stereocenters. The van der Waals surface area contributed by atoms with Gasteiger partial charge in [-0.25, -0.2) is 4.39 Å². The van der Waals surface area contributed by atoms with Crippen molar-refractivity contribution in [2.75, 3.05) is 6.67 Å². The van der Waals surface area contributed by atoms with E-state index in [2.05, 4.69) is 5.10 Å². The predicted molar refractivity (Wildman–Crippen MR) is 44.0 cm³/mol. The number of aromatic nitrogens is 2. The summed E-state index contributed by atoms with van der Waals surface area (Å²) in [5.74, 6) is 0. The molecule has 5 heteroatoms. The zero-order valence-corrected chi connectivity index (χ0v) is 7.42.